The molecule has 10 rings (SSSR count). The van der Waals surface area contributed by atoms with Gasteiger partial charge in [-0.25, -0.2) is 0 Å². The third-order valence-corrected chi connectivity index (χ3v) is 10.2. The quantitative estimate of drug-likeness (QED) is 0.189. The lowest BCUT2D eigenvalue weighted by Gasteiger charge is -2.11. The smallest absolute Gasteiger partial charge is 0.0541 e. The van der Waals surface area contributed by atoms with Crippen LogP contribution in [0.15, 0.2) is 158 Å². The van der Waals surface area contributed by atoms with Crippen molar-refractivity contribution in [2.75, 3.05) is 0 Å². The number of rotatable bonds is 5. The molecule has 1 saturated carbocycles. The number of fused-ring (bicyclic) bond motifs is 7. The number of hydrogen-bond donors (Lipinski definition) is 0. The molecule has 2 unspecified atom stereocenters. The number of nitrogens with zero attached hydrogens (tertiary/aromatic N) is 2. The number of aromatic nitrogens is 2. The average molecular weight is 589 g/mol. The summed E-state index contributed by atoms with van der Waals surface area (Å²) in [5, 5.41) is 5.20. The molecule has 2 aliphatic carbocycles. The third-order valence-electron chi connectivity index (χ3n) is 10.2. The molecule has 2 heteroatoms. The summed E-state index contributed by atoms with van der Waals surface area (Å²) in [5.41, 5.74) is 12.7. The van der Waals surface area contributed by atoms with Gasteiger partial charge < -0.3 is 9.13 Å². The summed E-state index contributed by atoms with van der Waals surface area (Å²) in [6.45, 7) is 0. The Kier molecular flexibility index (Phi) is 5.56. The molecule has 0 amide bonds. The second-order valence-corrected chi connectivity index (χ2v) is 13.0. The lowest BCUT2D eigenvalue weighted by molar-refractivity contribution is 0.985. The summed E-state index contributed by atoms with van der Waals surface area (Å²) < 4.78 is 4.80. The normalized spacial score (nSPS) is 17.2. The molecule has 0 spiro atoms. The molecule has 0 bridgehead atoms. The summed E-state index contributed by atoms with van der Waals surface area (Å²) in [7, 11) is 0. The fraction of sp³-hybridized carbons (Fsp3) is 0.0909. The van der Waals surface area contributed by atoms with Gasteiger partial charge in [0.05, 0.1) is 22.1 Å². The van der Waals surface area contributed by atoms with Gasteiger partial charge in [0.25, 0.3) is 0 Å². The maximum absolute atomic E-state index is 2.47. The molecule has 2 aromatic heterocycles. The molecular weight excluding hydrogens is 556 g/mol. The molecule has 2 nitrogen and oxygen atoms in total. The highest BCUT2D eigenvalue weighted by Gasteiger charge is 2.35. The topological polar surface area (TPSA) is 9.86 Å². The van der Waals surface area contributed by atoms with Crippen LogP contribution >= 0.6 is 0 Å². The second kappa shape index (κ2) is 9.95. The number of allylic oxidation sites excluding steroid dienone is 4. The third kappa shape index (κ3) is 4.03. The Hall–Kier alpha value is -5.60. The Morgan fingerprint density at radius 3 is 1.52 bits per heavy atom. The minimum absolute atomic E-state index is 0.744. The Balaban J connectivity index is 0.965. The highest BCUT2D eigenvalue weighted by Crippen LogP contribution is 2.46. The van der Waals surface area contributed by atoms with Crippen LogP contribution in [0, 0.1) is 11.8 Å². The van der Waals surface area contributed by atoms with Crippen molar-refractivity contribution in [3.63, 3.8) is 0 Å². The summed E-state index contributed by atoms with van der Waals surface area (Å²) in [5.74, 6) is 1.52. The first-order chi connectivity index (χ1) is 22.8. The van der Waals surface area contributed by atoms with Crippen LogP contribution in [-0.2, 0) is 6.42 Å². The van der Waals surface area contributed by atoms with Crippen LogP contribution in [-0.4, -0.2) is 9.13 Å². The van der Waals surface area contributed by atoms with Crippen LogP contribution in [0.1, 0.15) is 23.1 Å². The molecule has 1 fully saturated rings. The predicted octanol–water partition coefficient (Wildman–Crippen LogP) is 11.1. The fourth-order valence-electron chi connectivity index (χ4n) is 7.75. The standard InChI is InChI=1S/C44H32N2/c1-4-10-41-37(7-1)38-8-2-5-11-42(38)45(41)35-20-13-29(14-21-35)25-30-15-22-36(23-16-30)46-43-12-6-3-9-39(43)40-28-33(19-24-44(40)46)31-17-18-32-27-34(32)26-31/h1-24,26,28,32,34H,25,27H2. The highest BCUT2D eigenvalue weighted by atomic mass is 15.0. The Morgan fingerprint density at radius 2 is 0.978 bits per heavy atom. The minimum atomic E-state index is 0.744. The first-order valence-corrected chi connectivity index (χ1v) is 16.4. The van der Waals surface area contributed by atoms with E-state index in [9.17, 15) is 0 Å². The van der Waals surface area contributed by atoms with Crippen molar-refractivity contribution in [2.45, 2.75) is 12.8 Å². The summed E-state index contributed by atoms with van der Waals surface area (Å²) in [6, 6.07) is 51.4. The van der Waals surface area contributed by atoms with Crippen LogP contribution in [0.25, 0.3) is 60.6 Å². The summed E-state index contributed by atoms with van der Waals surface area (Å²) in [4.78, 5) is 0. The predicted molar refractivity (Wildman–Crippen MR) is 193 cm³/mol. The fourth-order valence-corrected chi connectivity index (χ4v) is 7.75. The van der Waals surface area contributed by atoms with Crippen molar-refractivity contribution >= 4 is 49.2 Å². The molecule has 46 heavy (non-hydrogen) atoms. The van der Waals surface area contributed by atoms with E-state index < -0.39 is 0 Å². The number of hydrogen-bond acceptors (Lipinski definition) is 0. The first-order valence-electron chi connectivity index (χ1n) is 16.4. The molecule has 0 N–H and O–H groups in total. The van der Waals surface area contributed by atoms with E-state index >= 15 is 0 Å². The van der Waals surface area contributed by atoms with Crippen molar-refractivity contribution < 1.29 is 0 Å². The Labute approximate surface area is 268 Å². The largest absolute Gasteiger partial charge is 0.309 e. The van der Waals surface area contributed by atoms with Crippen molar-refractivity contribution in [3.8, 4) is 11.4 Å². The van der Waals surface area contributed by atoms with Crippen molar-refractivity contribution in [1.29, 1.82) is 0 Å². The molecule has 218 valence electrons. The van der Waals surface area contributed by atoms with Crippen LogP contribution < -0.4 is 0 Å². The van der Waals surface area contributed by atoms with Gasteiger partial charge in [0.1, 0.15) is 0 Å². The van der Waals surface area contributed by atoms with E-state index in [1.165, 1.54) is 83.7 Å². The van der Waals surface area contributed by atoms with Crippen LogP contribution in [0.2, 0.25) is 0 Å². The lowest BCUT2D eigenvalue weighted by Crippen LogP contribution is -1.96. The molecule has 6 aromatic carbocycles. The number of benzene rings is 6. The van der Waals surface area contributed by atoms with Gasteiger partial charge in [0, 0.05) is 32.9 Å². The van der Waals surface area contributed by atoms with E-state index in [1.807, 2.05) is 0 Å². The van der Waals surface area contributed by atoms with Crippen molar-refractivity contribution in [2.24, 2.45) is 11.8 Å². The summed E-state index contributed by atoms with van der Waals surface area (Å²) >= 11 is 0. The van der Waals surface area contributed by atoms with Gasteiger partial charge in [-0.3, -0.25) is 0 Å². The zero-order chi connectivity index (χ0) is 30.2. The van der Waals surface area contributed by atoms with Gasteiger partial charge in [-0.15, -0.1) is 0 Å². The van der Waals surface area contributed by atoms with Gasteiger partial charge in [-0.2, -0.15) is 0 Å². The van der Waals surface area contributed by atoms with Crippen molar-refractivity contribution in [3.05, 3.63) is 174 Å². The number of para-hydroxylation sites is 3. The Morgan fingerprint density at radius 1 is 0.478 bits per heavy atom. The maximum Gasteiger partial charge on any atom is 0.0541 e. The molecule has 0 radical (unpaired) electrons. The SMILES string of the molecule is C1=CC2CC2C=C1c1ccc2c(c1)c1ccccc1n2-c1ccc(Cc2ccc(-n3c4ccccc4c4ccccc43)cc2)cc1. The van der Waals surface area contributed by atoms with E-state index in [2.05, 4.69) is 167 Å². The molecule has 2 aliphatic rings. The van der Waals surface area contributed by atoms with Gasteiger partial charge in [0.2, 0.25) is 0 Å². The van der Waals surface area contributed by atoms with Gasteiger partial charge >= 0.3 is 0 Å². The van der Waals surface area contributed by atoms with Crippen LogP contribution in [0.3, 0.4) is 0 Å². The summed E-state index contributed by atoms with van der Waals surface area (Å²) in [6.07, 6.45) is 9.41. The second-order valence-electron chi connectivity index (χ2n) is 13.0. The Bertz CT molecular complexity index is 2470. The van der Waals surface area contributed by atoms with E-state index in [0.29, 0.717) is 0 Å². The van der Waals surface area contributed by atoms with Gasteiger partial charge in [0.15, 0.2) is 0 Å². The average Bonchev–Trinajstić information content (AvgIpc) is 3.72. The minimum Gasteiger partial charge on any atom is -0.309 e. The molecule has 2 heterocycles. The highest BCUT2D eigenvalue weighted by molar-refractivity contribution is 6.10. The zero-order valence-corrected chi connectivity index (χ0v) is 25.5. The monoisotopic (exact) mass is 588 g/mol. The molecular formula is C44H32N2. The first kappa shape index (κ1) is 25.7. The van der Waals surface area contributed by atoms with Gasteiger partial charge in [-0.05, 0) is 102 Å². The van der Waals surface area contributed by atoms with E-state index in [0.717, 1.165) is 18.3 Å². The van der Waals surface area contributed by atoms with Gasteiger partial charge in [-0.1, -0.05) is 103 Å². The van der Waals surface area contributed by atoms with Crippen LogP contribution in [0.4, 0.5) is 0 Å². The lowest BCUT2D eigenvalue weighted by atomic mass is 9.98. The van der Waals surface area contributed by atoms with E-state index in [1.54, 1.807) is 0 Å². The molecule has 0 saturated heterocycles. The van der Waals surface area contributed by atoms with E-state index in [4.69, 9.17) is 0 Å². The molecule has 2 atom stereocenters. The van der Waals surface area contributed by atoms with E-state index in [-0.39, 0.29) is 0 Å². The molecule has 0 aliphatic heterocycles. The van der Waals surface area contributed by atoms with Crippen molar-refractivity contribution in [1.82, 2.24) is 9.13 Å². The zero-order valence-electron chi connectivity index (χ0n) is 25.5. The molecule has 8 aromatic rings. The van der Waals surface area contributed by atoms with Crippen LogP contribution in [0.5, 0.6) is 0 Å². The maximum atomic E-state index is 2.47.